The number of hydrogen-bond donors (Lipinski definition) is 0. The van der Waals surface area contributed by atoms with Crippen molar-refractivity contribution in [3.63, 3.8) is 0 Å². The summed E-state index contributed by atoms with van der Waals surface area (Å²) in [6, 6.07) is 3.60. The summed E-state index contributed by atoms with van der Waals surface area (Å²) in [5, 5.41) is 0. The zero-order chi connectivity index (χ0) is 19.7. The van der Waals surface area contributed by atoms with Crippen LogP contribution < -0.4 is 9.47 Å². The quantitative estimate of drug-likeness (QED) is 0.491. The fourth-order valence-corrected chi connectivity index (χ4v) is 2.65. The largest absolute Gasteiger partial charge is 0.493 e. The van der Waals surface area contributed by atoms with Crippen LogP contribution in [-0.4, -0.2) is 39.4 Å². The summed E-state index contributed by atoms with van der Waals surface area (Å²) in [5.74, 6) is 0.313. The van der Waals surface area contributed by atoms with Crippen molar-refractivity contribution in [2.45, 2.75) is 40.0 Å². The van der Waals surface area contributed by atoms with Gasteiger partial charge in [0.2, 0.25) is 0 Å². The number of carbonyl (C=O) groups excluding carboxylic acids is 2. The molecule has 0 aliphatic heterocycles. The van der Waals surface area contributed by atoms with E-state index in [1.807, 2.05) is 19.9 Å². The molecule has 144 valence electrons. The highest BCUT2D eigenvalue weighted by Crippen LogP contribution is 2.39. The van der Waals surface area contributed by atoms with Crippen LogP contribution in [0, 0.1) is 0 Å². The van der Waals surface area contributed by atoms with Gasteiger partial charge in [0.25, 0.3) is 0 Å². The van der Waals surface area contributed by atoms with Crippen LogP contribution in [0.25, 0.3) is 6.08 Å². The first-order chi connectivity index (χ1) is 12.4. The maximum atomic E-state index is 12.3. The number of rotatable bonds is 9. The van der Waals surface area contributed by atoms with E-state index in [0.717, 1.165) is 11.1 Å². The lowest BCUT2D eigenvalue weighted by Gasteiger charge is -2.18. The molecule has 1 aromatic rings. The molecule has 0 fully saturated rings. The molecule has 0 bridgehead atoms. The SMILES string of the molecule is CCOC(=O)C/C(=C\c1ccc(OC)c(OC)c1C(C)C)C(=O)OCC. The van der Waals surface area contributed by atoms with E-state index in [4.69, 9.17) is 18.9 Å². The summed E-state index contributed by atoms with van der Waals surface area (Å²) < 4.78 is 20.9. The zero-order valence-electron chi connectivity index (χ0n) is 16.4. The zero-order valence-corrected chi connectivity index (χ0v) is 16.4. The predicted octanol–water partition coefficient (Wildman–Crippen LogP) is 3.73. The average molecular weight is 364 g/mol. The summed E-state index contributed by atoms with van der Waals surface area (Å²) in [4.78, 5) is 24.2. The third-order valence-electron chi connectivity index (χ3n) is 3.70. The Hall–Kier alpha value is -2.50. The average Bonchev–Trinajstić information content (AvgIpc) is 2.60. The molecule has 0 aromatic heterocycles. The fraction of sp³-hybridized carbons (Fsp3) is 0.500. The molecule has 0 aliphatic rings. The lowest BCUT2D eigenvalue weighted by molar-refractivity contribution is -0.145. The molecule has 1 aromatic carbocycles. The molecular weight excluding hydrogens is 336 g/mol. The third kappa shape index (κ3) is 5.51. The van der Waals surface area contributed by atoms with Crippen molar-refractivity contribution < 1.29 is 28.5 Å². The van der Waals surface area contributed by atoms with Crippen molar-refractivity contribution in [1.29, 1.82) is 0 Å². The number of carbonyl (C=O) groups is 2. The summed E-state index contributed by atoms with van der Waals surface area (Å²) in [7, 11) is 3.14. The lowest BCUT2D eigenvalue weighted by atomic mass is 9.93. The molecule has 0 saturated carbocycles. The number of esters is 2. The first kappa shape index (κ1) is 21.5. The summed E-state index contributed by atoms with van der Waals surface area (Å²) in [6.07, 6.45) is 1.50. The Morgan fingerprint density at radius 2 is 1.69 bits per heavy atom. The van der Waals surface area contributed by atoms with Crippen molar-refractivity contribution in [2.75, 3.05) is 27.4 Å². The van der Waals surface area contributed by atoms with E-state index in [2.05, 4.69) is 0 Å². The van der Waals surface area contributed by atoms with Gasteiger partial charge in [-0.3, -0.25) is 4.79 Å². The van der Waals surface area contributed by atoms with E-state index in [0.29, 0.717) is 11.5 Å². The van der Waals surface area contributed by atoms with E-state index in [1.165, 1.54) is 0 Å². The van der Waals surface area contributed by atoms with Crippen LogP contribution in [0.2, 0.25) is 0 Å². The maximum absolute atomic E-state index is 12.3. The normalized spacial score (nSPS) is 11.3. The molecule has 6 nitrogen and oxygen atoms in total. The Kier molecular flexibility index (Phi) is 8.68. The maximum Gasteiger partial charge on any atom is 0.334 e. The first-order valence-electron chi connectivity index (χ1n) is 8.67. The topological polar surface area (TPSA) is 71.1 Å². The minimum absolute atomic E-state index is 0.109. The molecule has 0 aliphatic carbocycles. The van der Waals surface area contributed by atoms with Crippen LogP contribution in [0.5, 0.6) is 11.5 Å². The second-order valence-corrected chi connectivity index (χ2v) is 5.83. The van der Waals surface area contributed by atoms with Gasteiger partial charge in [0.05, 0.1) is 33.9 Å². The molecule has 1 rings (SSSR count). The van der Waals surface area contributed by atoms with Gasteiger partial charge in [0.15, 0.2) is 11.5 Å². The van der Waals surface area contributed by atoms with Crippen LogP contribution in [0.4, 0.5) is 0 Å². The molecule has 0 amide bonds. The molecule has 6 heteroatoms. The van der Waals surface area contributed by atoms with Gasteiger partial charge in [-0.15, -0.1) is 0 Å². The van der Waals surface area contributed by atoms with Gasteiger partial charge < -0.3 is 18.9 Å². The van der Waals surface area contributed by atoms with Crippen molar-refractivity contribution in [2.24, 2.45) is 0 Å². The summed E-state index contributed by atoms with van der Waals surface area (Å²) >= 11 is 0. The van der Waals surface area contributed by atoms with Crippen molar-refractivity contribution >= 4 is 18.0 Å². The van der Waals surface area contributed by atoms with Gasteiger partial charge in [0, 0.05) is 11.1 Å². The van der Waals surface area contributed by atoms with Crippen molar-refractivity contribution in [1.82, 2.24) is 0 Å². The fourth-order valence-electron chi connectivity index (χ4n) is 2.65. The Labute approximate surface area is 155 Å². The van der Waals surface area contributed by atoms with E-state index >= 15 is 0 Å². The molecule has 0 spiro atoms. The first-order valence-corrected chi connectivity index (χ1v) is 8.67. The van der Waals surface area contributed by atoms with Crippen LogP contribution >= 0.6 is 0 Å². The monoisotopic (exact) mass is 364 g/mol. The third-order valence-corrected chi connectivity index (χ3v) is 3.70. The molecular formula is C20H28O6. The number of ether oxygens (including phenoxy) is 4. The Bertz CT molecular complexity index is 661. The molecule has 0 atom stereocenters. The Morgan fingerprint density at radius 1 is 1.04 bits per heavy atom. The minimum Gasteiger partial charge on any atom is -0.493 e. The molecule has 26 heavy (non-hydrogen) atoms. The van der Waals surface area contributed by atoms with Gasteiger partial charge >= 0.3 is 11.9 Å². The number of methoxy groups -OCH3 is 2. The van der Waals surface area contributed by atoms with Gasteiger partial charge in [-0.1, -0.05) is 19.9 Å². The highest BCUT2D eigenvalue weighted by molar-refractivity contribution is 5.98. The van der Waals surface area contributed by atoms with Crippen LogP contribution in [0.15, 0.2) is 17.7 Å². The second-order valence-electron chi connectivity index (χ2n) is 5.83. The summed E-state index contributed by atoms with van der Waals surface area (Å²) in [6.45, 7) is 7.95. The van der Waals surface area contributed by atoms with Crippen LogP contribution in [-0.2, 0) is 19.1 Å². The Morgan fingerprint density at radius 3 is 2.19 bits per heavy atom. The summed E-state index contributed by atoms with van der Waals surface area (Å²) in [5.41, 5.74) is 1.89. The van der Waals surface area contributed by atoms with Crippen molar-refractivity contribution in [3.8, 4) is 11.5 Å². The second kappa shape index (κ2) is 10.5. The number of benzene rings is 1. The minimum atomic E-state index is -0.537. The van der Waals surface area contributed by atoms with Crippen LogP contribution in [0.1, 0.15) is 51.2 Å². The van der Waals surface area contributed by atoms with Gasteiger partial charge in [0.1, 0.15) is 0 Å². The van der Waals surface area contributed by atoms with E-state index in [1.54, 1.807) is 40.2 Å². The standard InChI is InChI=1S/C20H28O6/c1-7-25-17(21)12-15(20(22)26-8-2)11-14-9-10-16(23-5)19(24-6)18(14)13(3)4/h9-11,13H,7-8,12H2,1-6H3/b15-11+. The Balaban J connectivity index is 3.45. The highest BCUT2D eigenvalue weighted by atomic mass is 16.5. The lowest BCUT2D eigenvalue weighted by Crippen LogP contribution is -2.14. The van der Waals surface area contributed by atoms with E-state index in [9.17, 15) is 9.59 Å². The van der Waals surface area contributed by atoms with E-state index in [-0.39, 0.29) is 31.1 Å². The van der Waals surface area contributed by atoms with E-state index < -0.39 is 11.9 Å². The predicted molar refractivity (Wildman–Crippen MR) is 99.5 cm³/mol. The van der Waals surface area contributed by atoms with Gasteiger partial charge in [-0.05, 0) is 37.5 Å². The van der Waals surface area contributed by atoms with Crippen molar-refractivity contribution in [3.05, 3.63) is 28.8 Å². The van der Waals surface area contributed by atoms with Gasteiger partial charge in [-0.2, -0.15) is 0 Å². The molecule has 0 N–H and O–H groups in total. The van der Waals surface area contributed by atoms with Gasteiger partial charge in [-0.25, -0.2) is 4.79 Å². The number of hydrogen-bond acceptors (Lipinski definition) is 6. The molecule has 0 unspecified atom stereocenters. The molecule has 0 heterocycles. The molecule has 0 radical (unpaired) electrons. The van der Waals surface area contributed by atoms with Crippen LogP contribution in [0.3, 0.4) is 0 Å². The highest BCUT2D eigenvalue weighted by Gasteiger charge is 2.20. The smallest absolute Gasteiger partial charge is 0.334 e. The molecule has 0 saturated heterocycles.